The number of hydrogen-bond donors (Lipinski definition) is 3. The Balaban J connectivity index is 1.61. The van der Waals surface area contributed by atoms with Crippen molar-refractivity contribution in [3.05, 3.63) is 66.2 Å². The summed E-state index contributed by atoms with van der Waals surface area (Å²) in [5.74, 6) is -0.804. The number of rotatable bonds is 10. The molecule has 4 rings (SSSR count). The fourth-order valence-electron chi connectivity index (χ4n) is 4.81. The fourth-order valence-corrected chi connectivity index (χ4v) is 6.67. The molecule has 0 bridgehead atoms. The van der Waals surface area contributed by atoms with E-state index in [4.69, 9.17) is 5.21 Å². The van der Waals surface area contributed by atoms with Gasteiger partial charge in [-0.25, -0.2) is 13.9 Å². The molecule has 3 aromatic carbocycles. The topological polar surface area (TPSA) is 119 Å². The summed E-state index contributed by atoms with van der Waals surface area (Å²) >= 11 is 0. The van der Waals surface area contributed by atoms with Crippen molar-refractivity contribution in [2.24, 2.45) is 0 Å². The maximum Gasteiger partial charge on any atom is 0.265 e. The zero-order valence-electron chi connectivity index (χ0n) is 21.0. The molecule has 10 heteroatoms. The molecule has 1 heterocycles. The molecule has 0 aromatic heterocycles. The Morgan fingerprint density at radius 1 is 0.973 bits per heavy atom. The first kappa shape index (κ1) is 26.4. The average Bonchev–Trinajstić information content (AvgIpc) is 3.30. The summed E-state index contributed by atoms with van der Waals surface area (Å²) in [4.78, 5) is 26.5. The second kappa shape index (κ2) is 11.2. The molecule has 0 radical (unpaired) electrons. The van der Waals surface area contributed by atoms with Gasteiger partial charge >= 0.3 is 0 Å². The number of amides is 2. The Labute approximate surface area is 217 Å². The van der Waals surface area contributed by atoms with E-state index in [2.05, 4.69) is 5.32 Å². The molecule has 0 saturated heterocycles. The van der Waals surface area contributed by atoms with Crippen LogP contribution in [0, 0.1) is 0 Å². The van der Waals surface area contributed by atoms with Crippen LogP contribution in [0.1, 0.15) is 31.2 Å². The van der Waals surface area contributed by atoms with E-state index >= 15 is 0 Å². The van der Waals surface area contributed by atoms with E-state index in [1.807, 2.05) is 49.3 Å². The molecule has 0 unspecified atom stereocenters. The minimum Gasteiger partial charge on any atom is -0.377 e. The summed E-state index contributed by atoms with van der Waals surface area (Å²) in [6, 6.07) is 17.1. The number of carbonyl (C=O) groups excluding carboxylic acids is 2. The molecule has 1 aliphatic rings. The predicted molar refractivity (Wildman–Crippen MR) is 143 cm³/mol. The molecule has 196 valence electrons. The van der Waals surface area contributed by atoms with Crippen molar-refractivity contribution in [2.45, 2.75) is 43.0 Å². The minimum absolute atomic E-state index is 0.158. The molecule has 9 nitrogen and oxygen atoms in total. The second-order valence-electron chi connectivity index (χ2n) is 9.31. The molecule has 3 aromatic rings. The maximum atomic E-state index is 14.2. The highest BCUT2D eigenvalue weighted by Crippen LogP contribution is 2.39. The Morgan fingerprint density at radius 2 is 1.70 bits per heavy atom. The zero-order valence-corrected chi connectivity index (χ0v) is 21.8. The Morgan fingerprint density at radius 3 is 2.46 bits per heavy atom. The molecule has 3 N–H and O–H groups in total. The largest absolute Gasteiger partial charge is 0.377 e. The number of hydroxylamine groups is 1. The van der Waals surface area contributed by atoms with Crippen LogP contribution in [0.15, 0.2) is 65.6 Å². The average molecular weight is 525 g/mol. The summed E-state index contributed by atoms with van der Waals surface area (Å²) in [6.07, 6.45) is 2.38. The van der Waals surface area contributed by atoms with E-state index in [1.54, 1.807) is 35.8 Å². The van der Waals surface area contributed by atoms with Crippen molar-refractivity contribution < 1.29 is 23.2 Å². The second-order valence-corrected chi connectivity index (χ2v) is 11.1. The highest BCUT2D eigenvalue weighted by atomic mass is 32.2. The van der Waals surface area contributed by atoms with Gasteiger partial charge in [0.05, 0.1) is 10.6 Å². The first-order valence-electron chi connectivity index (χ1n) is 12.3. The van der Waals surface area contributed by atoms with Crippen LogP contribution in [0.3, 0.4) is 0 Å². The van der Waals surface area contributed by atoms with Gasteiger partial charge < -0.3 is 10.2 Å². The summed E-state index contributed by atoms with van der Waals surface area (Å²) in [5.41, 5.74) is 3.82. The van der Waals surface area contributed by atoms with Crippen LogP contribution < -0.4 is 20.0 Å². The van der Waals surface area contributed by atoms with Crippen LogP contribution in [0.25, 0.3) is 10.8 Å². The van der Waals surface area contributed by atoms with Crippen LogP contribution in [-0.2, 0) is 26.0 Å². The third-order valence-corrected chi connectivity index (χ3v) is 8.49. The van der Waals surface area contributed by atoms with Crippen molar-refractivity contribution >= 4 is 44.0 Å². The highest BCUT2D eigenvalue weighted by molar-refractivity contribution is 7.93. The van der Waals surface area contributed by atoms with Crippen molar-refractivity contribution in [1.29, 1.82) is 0 Å². The fraction of sp³-hybridized carbons (Fsp3) is 0.333. The molecule has 0 saturated carbocycles. The smallest absolute Gasteiger partial charge is 0.265 e. The van der Waals surface area contributed by atoms with E-state index in [0.29, 0.717) is 36.9 Å². The van der Waals surface area contributed by atoms with Crippen LogP contribution >= 0.6 is 0 Å². The minimum atomic E-state index is -4.08. The van der Waals surface area contributed by atoms with Crippen LogP contribution in [0.5, 0.6) is 0 Å². The summed E-state index contributed by atoms with van der Waals surface area (Å²) in [5, 5.41) is 12.9. The van der Waals surface area contributed by atoms with Gasteiger partial charge in [-0.15, -0.1) is 0 Å². The van der Waals surface area contributed by atoms with Gasteiger partial charge in [0, 0.05) is 49.9 Å². The molecular formula is C27H32N4O5S. The number of carbonyl (C=O) groups is 2. The number of nitrogens with one attached hydrogen (secondary N) is 2. The van der Waals surface area contributed by atoms with Crippen molar-refractivity contribution in [3.63, 3.8) is 0 Å². The lowest BCUT2D eigenvalue weighted by molar-refractivity contribution is -0.129. The zero-order chi connectivity index (χ0) is 26.6. The third-order valence-electron chi connectivity index (χ3n) is 6.61. The molecule has 1 atom stereocenters. The number of anilines is 2. The molecular weight excluding hydrogens is 492 g/mol. The Bertz CT molecular complexity index is 1410. The van der Waals surface area contributed by atoms with Gasteiger partial charge in [0.25, 0.3) is 10.0 Å². The third kappa shape index (κ3) is 5.40. The van der Waals surface area contributed by atoms with Gasteiger partial charge in [0.15, 0.2) is 0 Å². The predicted octanol–water partition coefficient (Wildman–Crippen LogP) is 3.21. The lowest BCUT2D eigenvalue weighted by Crippen LogP contribution is -2.48. The van der Waals surface area contributed by atoms with Crippen molar-refractivity contribution in [1.82, 2.24) is 10.8 Å². The van der Waals surface area contributed by atoms with E-state index in [0.717, 1.165) is 16.6 Å². The van der Waals surface area contributed by atoms with E-state index in [-0.39, 0.29) is 23.6 Å². The number of hydrogen-bond acceptors (Lipinski definition) is 6. The van der Waals surface area contributed by atoms with E-state index < -0.39 is 22.0 Å². The standard InChI is InChI=1S/C27H32N4O5S/c1-30(2)23-14-8-12-21-20(23)11-9-15-25(21)37(35,36)31-22-13-6-5-10-19(22)18-24(31)27(33)28-17-7-3-4-16-26(32)29-34/h5-6,8-15,24,34H,3-4,7,16-18H2,1-2H3,(H,28,33)(H,29,32)/t24-/m0/s1. The van der Waals surface area contributed by atoms with Crippen molar-refractivity contribution in [2.75, 3.05) is 29.8 Å². The number of benzene rings is 3. The molecule has 1 aliphatic heterocycles. The number of fused-ring (bicyclic) bond motifs is 2. The van der Waals surface area contributed by atoms with Crippen LogP contribution in [-0.4, -0.2) is 52.1 Å². The van der Waals surface area contributed by atoms with Gasteiger partial charge in [-0.05, 0) is 36.6 Å². The summed E-state index contributed by atoms with van der Waals surface area (Å²) in [7, 11) is -0.259. The Kier molecular flexibility index (Phi) is 7.99. The maximum absolute atomic E-state index is 14.2. The van der Waals surface area contributed by atoms with E-state index in [1.165, 1.54) is 4.31 Å². The molecule has 0 spiro atoms. The quantitative estimate of drug-likeness (QED) is 0.213. The number of para-hydroxylation sites is 1. The first-order valence-corrected chi connectivity index (χ1v) is 13.7. The summed E-state index contributed by atoms with van der Waals surface area (Å²) < 4.78 is 29.6. The van der Waals surface area contributed by atoms with Gasteiger partial charge in [-0.1, -0.05) is 48.9 Å². The lowest BCUT2D eigenvalue weighted by Gasteiger charge is -2.27. The van der Waals surface area contributed by atoms with Gasteiger partial charge in [-0.3, -0.25) is 19.1 Å². The van der Waals surface area contributed by atoms with Gasteiger partial charge in [0.2, 0.25) is 11.8 Å². The normalized spacial score (nSPS) is 14.9. The van der Waals surface area contributed by atoms with Gasteiger partial charge in [-0.2, -0.15) is 0 Å². The van der Waals surface area contributed by atoms with Crippen LogP contribution in [0.4, 0.5) is 11.4 Å². The number of sulfonamides is 1. The molecule has 2 amide bonds. The SMILES string of the molecule is CN(C)c1cccc2c(S(=O)(=O)N3c4ccccc4C[C@H]3C(=O)NCCCCCC(=O)NO)cccc12. The summed E-state index contributed by atoms with van der Waals surface area (Å²) in [6.45, 7) is 0.362. The van der Waals surface area contributed by atoms with Gasteiger partial charge in [0.1, 0.15) is 6.04 Å². The first-order chi connectivity index (χ1) is 17.8. The number of unbranched alkanes of at least 4 members (excludes halogenated alkanes) is 2. The van der Waals surface area contributed by atoms with Crippen molar-refractivity contribution in [3.8, 4) is 0 Å². The number of nitrogens with zero attached hydrogens (tertiary/aromatic N) is 2. The Hall–Kier alpha value is -3.63. The molecule has 0 fully saturated rings. The van der Waals surface area contributed by atoms with E-state index in [9.17, 15) is 18.0 Å². The monoisotopic (exact) mass is 524 g/mol. The molecule has 37 heavy (non-hydrogen) atoms. The lowest BCUT2D eigenvalue weighted by atomic mass is 10.1. The highest BCUT2D eigenvalue weighted by Gasteiger charge is 2.42. The van der Waals surface area contributed by atoms with Crippen LogP contribution in [0.2, 0.25) is 0 Å². The molecule has 0 aliphatic carbocycles.